The van der Waals surface area contributed by atoms with Gasteiger partial charge in [0, 0.05) is 18.4 Å². The molecule has 0 saturated carbocycles. The number of hydrogen-bond donors (Lipinski definition) is 2. The summed E-state index contributed by atoms with van der Waals surface area (Å²) >= 11 is 0. The van der Waals surface area contributed by atoms with Gasteiger partial charge in [0.2, 0.25) is 0 Å². The molecule has 1 heterocycles. The van der Waals surface area contributed by atoms with Crippen LogP contribution < -0.4 is 10.1 Å². The van der Waals surface area contributed by atoms with Gasteiger partial charge in [-0.15, -0.1) is 0 Å². The third-order valence-electron chi connectivity index (χ3n) is 8.79. The monoisotopic (exact) mass is 638 g/mol. The summed E-state index contributed by atoms with van der Waals surface area (Å²) in [4.78, 5) is 40.2. The molecule has 9 nitrogen and oxygen atoms in total. The maximum Gasteiger partial charge on any atom is 0.319 e. The third-order valence-corrected chi connectivity index (χ3v) is 12.3. The van der Waals surface area contributed by atoms with Gasteiger partial charge in [-0.3, -0.25) is 19.3 Å². The number of anilines is 2. The topological polar surface area (TPSA) is 117 Å². The zero-order chi connectivity index (χ0) is 33.3. The van der Waals surface area contributed by atoms with Crippen molar-refractivity contribution in [1.29, 1.82) is 0 Å². The van der Waals surface area contributed by atoms with E-state index in [0.717, 1.165) is 44.4 Å². The summed E-state index contributed by atoms with van der Waals surface area (Å²) in [7, 11) is 2.13. The Hall–Kier alpha value is -4.77. The third kappa shape index (κ3) is 6.19. The number of aryl methyl sites for hydroxylation is 1. The molecule has 0 spiro atoms. The first-order valence-electron chi connectivity index (χ1n) is 14.9. The van der Waals surface area contributed by atoms with Crippen LogP contribution in [0.3, 0.4) is 0 Å². The van der Waals surface area contributed by atoms with E-state index in [4.69, 9.17) is 9.47 Å². The number of allylic oxidation sites excluding steroid dienone is 5. The predicted molar refractivity (Wildman–Crippen MR) is 180 cm³/mol. The summed E-state index contributed by atoms with van der Waals surface area (Å²) in [6.45, 7) is 5.87. The van der Waals surface area contributed by atoms with E-state index in [1.165, 1.54) is 24.3 Å². The van der Waals surface area contributed by atoms with Gasteiger partial charge < -0.3 is 24.6 Å². The minimum absolute atomic E-state index is 0.0361. The average molecular weight is 639 g/mol. The molecule has 5 rings (SSSR count). The highest BCUT2D eigenvalue weighted by molar-refractivity contribution is 6.98. The second-order valence-electron chi connectivity index (χ2n) is 12.0. The summed E-state index contributed by atoms with van der Waals surface area (Å²) in [6, 6.07) is 19.0. The van der Waals surface area contributed by atoms with Crippen LogP contribution in [0.1, 0.15) is 28.5 Å². The van der Waals surface area contributed by atoms with Gasteiger partial charge in [0.15, 0.2) is 5.78 Å². The standard InChI is InChI=1S/C36H38N2O7Si/c1-22-17-23(36(43)38(20-33(41)44-3)21-34(42)45-4)7-14-28(22)35-29-15-10-25(37(2)24-8-11-26(39)12-9-24)18-31(29)46(5,6)32-19-27(40)13-16-30(32)35/h7-19,36,39,43H,20-21H2,1-6H3. The van der Waals surface area contributed by atoms with Gasteiger partial charge in [-0.2, -0.15) is 0 Å². The van der Waals surface area contributed by atoms with E-state index in [1.54, 1.807) is 30.4 Å². The van der Waals surface area contributed by atoms with Gasteiger partial charge >= 0.3 is 11.9 Å². The normalized spacial score (nSPS) is 15.6. The number of carbonyl (C=O) groups excluding carboxylic acids is 3. The maximum atomic E-state index is 12.7. The number of rotatable bonds is 9. The lowest BCUT2D eigenvalue weighted by Crippen LogP contribution is -2.49. The lowest BCUT2D eigenvalue weighted by Gasteiger charge is -2.38. The average Bonchev–Trinajstić information content (AvgIpc) is 3.04. The SMILES string of the molecule is COC(=O)CN(CC(=O)OC)C(O)c1ccc(C2=C3C=CC(=O)C=C3[Si](C)(C)c3cc(N(C)c4ccc(O)cc4)ccc32)c(C)c1. The molecule has 0 aromatic heterocycles. The number of phenolic OH excluding ortho intramolecular Hbond substituents is 1. The zero-order valence-corrected chi connectivity index (χ0v) is 27.8. The highest BCUT2D eigenvalue weighted by Gasteiger charge is 2.40. The van der Waals surface area contributed by atoms with Crippen molar-refractivity contribution in [2.45, 2.75) is 26.2 Å². The first kappa shape index (κ1) is 32.6. The van der Waals surface area contributed by atoms with Crippen LogP contribution in [0.5, 0.6) is 5.75 Å². The van der Waals surface area contributed by atoms with Gasteiger partial charge in [0.25, 0.3) is 0 Å². The van der Waals surface area contributed by atoms with Crippen LogP contribution >= 0.6 is 0 Å². The van der Waals surface area contributed by atoms with Gasteiger partial charge in [-0.05, 0) is 99.3 Å². The first-order valence-corrected chi connectivity index (χ1v) is 17.9. The smallest absolute Gasteiger partial charge is 0.319 e. The molecule has 1 aliphatic carbocycles. The van der Waals surface area contributed by atoms with E-state index >= 15 is 0 Å². The van der Waals surface area contributed by atoms with Gasteiger partial charge in [-0.25, -0.2) is 0 Å². The van der Waals surface area contributed by atoms with E-state index in [9.17, 15) is 24.6 Å². The van der Waals surface area contributed by atoms with Crippen molar-refractivity contribution in [2.24, 2.45) is 0 Å². The number of hydrogen-bond acceptors (Lipinski definition) is 9. The van der Waals surface area contributed by atoms with Crippen LogP contribution in [0, 0.1) is 6.92 Å². The predicted octanol–water partition coefficient (Wildman–Crippen LogP) is 4.44. The Morgan fingerprint density at radius 1 is 0.870 bits per heavy atom. The largest absolute Gasteiger partial charge is 0.508 e. The Bertz CT molecular complexity index is 1790. The first-order chi connectivity index (χ1) is 21.8. The lowest BCUT2D eigenvalue weighted by atomic mass is 9.87. The number of aliphatic hydroxyl groups is 1. The Balaban J connectivity index is 1.61. The lowest BCUT2D eigenvalue weighted by molar-refractivity contribution is -0.151. The number of methoxy groups -OCH3 is 2. The molecule has 0 fully saturated rings. The molecule has 3 aromatic carbocycles. The number of aromatic hydroxyl groups is 1. The van der Waals surface area contributed by atoms with Crippen LogP contribution in [0.25, 0.3) is 5.57 Å². The molecule has 0 amide bonds. The van der Waals surface area contributed by atoms with Crippen molar-refractivity contribution in [2.75, 3.05) is 39.3 Å². The fourth-order valence-corrected chi connectivity index (χ4v) is 9.23. The summed E-state index contributed by atoms with van der Waals surface area (Å²) in [5.41, 5.74) is 7.32. The molecule has 10 heteroatoms. The van der Waals surface area contributed by atoms with E-state index in [0.29, 0.717) is 5.56 Å². The highest BCUT2D eigenvalue weighted by atomic mass is 28.3. The Kier molecular flexibility index (Phi) is 9.16. The summed E-state index contributed by atoms with van der Waals surface area (Å²) in [5, 5.41) is 23.3. The number of aliphatic hydroxyl groups excluding tert-OH is 1. The Labute approximate surface area is 269 Å². The van der Waals surface area contributed by atoms with Crippen molar-refractivity contribution < 1.29 is 34.1 Å². The van der Waals surface area contributed by atoms with Crippen molar-refractivity contribution in [3.63, 3.8) is 0 Å². The summed E-state index contributed by atoms with van der Waals surface area (Å²) in [5.74, 6) is -1.02. The second kappa shape index (κ2) is 12.9. The second-order valence-corrected chi connectivity index (χ2v) is 16.3. The number of fused-ring (bicyclic) bond motifs is 2. The number of nitrogens with zero attached hydrogens (tertiary/aromatic N) is 2. The minimum atomic E-state index is -2.35. The molecule has 0 bridgehead atoms. The molecule has 0 radical (unpaired) electrons. The Morgan fingerprint density at radius 3 is 2.09 bits per heavy atom. The quantitative estimate of drug-likeness (QED) is 0.199. The molecule has 238 valence electrons. The number of carbonyl (C=O) groups is 3. The molecule has 46 heavy (non-hydrogen) atoms. The van der Waals surface area contributed by atoms with E-state index in [2.05, 4.69) is 36.2 Å². The van der Waals surface area contributed by atoms with Crippen molar-refractivity contribution >= 4 is 47.9 Å². The minimum Gasteiger partial charge on any atom is -0.508 e. The van der Waals surface area contributed by atoms with E-state index in [1.807, 2.05) is 44.3 Å². The maximum absolute atomic E-state index is 12.7. The van der Waals surface area contributed by atoms with Crippen LogP contribution in [0.2, 0.25) is 13.1 Å². The number of ketones is 1. The van der Waals surface area contributed by atoms with Gasteiger partial charge in [0.05, 0.1) is 27.3 Å². The van der Waals surface area contributed by atoms with Crippen LogP contribution in [0.4, 0.5) is 11.4 Å². The molecule has 1 atom stereocenters. The fourth-order valence-electron chi connectivity index (χ4n) is 6.17. The van der Waals surface area contributed by atoms with E-state index < -0.39 is 26.2 Å². The molecule has 0 saturated heterocycles. The number of benzene rings is 3. The van der Waals surface area contributed by atoms with Crippen molar-refractivity contribution in [1.82, 2.24) is 4.90 Å². The molecular weight excluding hydrogens is 600 g/mol. The molecule has 2 N–H and O–H groups in total. The van der Waals surface area contributed by atoms with Crippen LogP contribution in [0.15, 0.2) is 89.7 Å². The molecular formula is C36H38N2O7Si. The van der Waals surface area contributed by atoms with Gasteiger partial charge in [0.1, 0.15) is 20.1 Å². The molecule has 3 aromatic rings. The van der Waals surface area contributed by atoms with Crippen molar-refractivity contribution in [3.05, 3.63) is 112 Å². The number of phenols is 1. The summed E-state index contributed by atoms with van der Waals surface area (Å²) in [6.07, 6.45) is 4.02. The highest BCUT2D eigenvalue weighted by Crippen LogP contribution is 2.43. The van der Waals surface area contributed by atoms with Crippen LogP contribution in [-0.2, 0) is 23.9 Å². The number of ether oxygens (including phenoxy) is 2. The zero-order valence-electron chi connectivity index (χ0n) is 26.8. The Morgan fingerprint density at radius 2 is 1.48 bits per heavy atom. The van der Waals surface area contributed by atoms with Crippen LogP contribution in [-0.4, -0.2) is 75.3 Å². The molecule has 1 aliphatic heterocycles. The van der Waals surface area contributed by atoms with E-state index in [-0.39, 0.29) is 24.6 Å². The number of esters is 2. The molecule has 2 aliphatic rings. The van der Waals surface area contributed by atoms with Gasteiger partial charge in [-0.1, -0.05) is 43.4 Å². The van der Waals surface area contributed by atoms with Crippen molar-refractivity contribution in [3.8, 4) is 5.75 Å². The fraction of sp³-hybridized carbons (Fsp3) is 0.250. The summed E-state index contributed by atoms with van der Waals surface area (Å²) < 4.78 is 9.54. The molecule has 1 unspecified atom stereocenters.